The number of nitrogens with one attached hydrogen (secondary N) is 3. The second-order valence-corrected chi connectivity index (χ2v) is 6.56. The molecule has 0 radical (unpaired) electrons. The lowest BCUT2D eigenvalue weighted by atomic mass is 10.6. The van der Waals surface area contributed by atoms with E-state index in [1.807, 2.05) is 13.8 Å². The zero-order valence-electron chi connectivity index (χ0n) is 11.5. The predicted octanol–water partition coefficient (Wildman–Crippen LogP) is 1.22. The molecule has 0 atom stereocenters. The summed E-state index contributed by atoms with van der Waals surface area (Å²) in [6.07, 6.45) is 0. The molecule has 0 aliphatic heterocycles. The minimum absolute atomic E-state index is 0. The van der Waals surface area contributed by atoms with Gasteiger partial charge >= 0.3 is 0 Å². The molecule has 0 spiro atoms. The van der Waals surface area contributed by atoms with Gasteiger partial charge in [0.15, 0.2) is 5.96 Å². The molecule has 0 saturated heterocycles. The van der Waals surface area contributed by atoms with E-state index in [2.05, 4.69) is 20.3 Å². The highest BCUT2D eigenvalue weighted by molar-refractivity contribution is 14.0. The minimum Gasteiger partial charge on any atom is -0.357 e. The van der Waals surface area contributed by atoms with Gasteiger partial charge in [-0.1, -0.05) is 6.07 Å². The fourth-order valence-electron chi connectivity index (χ4n) is 1.34. The van der Waals surface area contributed by atoms with E-state index in [9.17, 15) is 8.42 Å². The van der Waals surface area contributed by atoms with Crippen LogP contribution in [0.3, 0.4) is 0 Å². The zero-order valence-corrected chi connectivity index (χ0v) is 15.5. The molecule has 0 bridgehead atoms. The van der Waals surface area contributed by atoms with E-state index in [0.717, 1.165) is 13.1 Å². The van der Waals surface area contributed by atoms with Crippen molar-refractivity contribution < 1.29 is 8.42 Å². The van der Waals surface area contributed by atoms with E-state index in [4.69, 9.17) is 0 Å². The summed E-state index contributed by atoms with van der Waals surface area (Å²) in [6.45, 7) is 6.17. The number of thiophene rings is 1. The Morgan fingerprint density at radius 3 is 2.45 bits per heavy atom. The van der Waals surface area contributed by atoms with E-state index < -0.39 is 10.0 Å². The summed E-state index contributed by atoms with van der Waals surface area (Å²) >= 11 is 1.20. The quantitative estimate of drug-likeness (QED) is 0.262. The first-order valence-corrected chi connectivity index (χ1v) is 8.51. The lowest BCUT2D eigenvalue weighted by Gasteiger charge is -2.09. The van der Waals surface area contributed by atoms with Crippen molar-refractivity contribution in [1.29, 1.82) is 0 Å². The van der Waals surface area contributed by atoms with Gasteiger partial charge in [0.25, 0.3) is 0 Å². The maximum absolute atomic E-state index is 11.8. The van der Waals surface area contributed by atoms with Crippen LogP contribution in [0.5, 0.6) is 0 Å². The molecule has 1 heterocycles. The highest BCUT2D eigenvalue weighted by Gasteiger charge is 2.13. The fraction of sp³-hybridized carbons (Fsp3) is 0.545. The molecule has 0 aliphatic rings. The van der Waals surface area contributed by atoms with Crippen LogP contribution in [-0.2, 0) is 10.0 Å². The summed E-state index contributed by atoms with van der Waals surface area (Å²) in [5, 5.41) is 7.88. The molecule has 0 fully saturated rings. The topological polar surface area (TPSA) is 82.6 Å². The largest absolute Gasteiger partial charge is 0.357 e. The van der Waals surface area contributed by atoms with Crippen LogP contribution in [0.4, 0.5) is 0 Å². The van der Waals surface area contributed by atoms with Crippen LogP contribution in [-0.4, -0.2) is 40.6 Å². The van der Waals surface area contributed by atoms with Crippen LogP contribution in [0.15, 0.2) is 26.7 Å². The van der Waals surface area contributed by atoms with Crippen LogP contribution in [0.25, 0.3) is 0 Å². The summed E-state index contributed by atoms with van der Waals surface area (Å²) in [7, 11) is -3.38. The van der Waals surface area contributed by atoms with Gasteiger partial charge in [-0.2, -0.15) is 0 Å². The van der Waals surface area contributed by atoms with E-state index in [-0.39, 0.29) is 30.5 Å². The summed E-state index contributed by atoms with van der Waals surface area (Å²) in [5.41, 5.74) is 0. The molecule has 0 aliphatic carbocycles. The molecule has 0 aromatic carbocycles. The third-order valence-corrected chi connectivity index (χ3v) is 4.98. The molecular weight excluding hydrogens is 411 g/mol. The molecule has 1 rings (SSSR count). The van der Waals surface area contributed by atoms with Gasteiger partial charge in [-0.25, -0.2) is 13.1 Å². The Hall–Kier alpha value is -0.390. The van der Waals surface area contributed by atoms with Gasteiger partial charge < -0.3 is 10.6 Å². The van der Waals surface area contributed by atoms with Crippen molar-refractivity contribution in [3.8, 4) is 0 Å². The van der Waals surface area contributed by atoms with Crippen molar-refractivity contribution in [3.05, 3.63) is 17.5 Å². The Morgan fingerprint density at radius 2 is 1.95 bits per heavy atom. The number of halogens is 1. The second-order valence-electron chi connectivity index (χ2n) is 3.62. The molecule has 20 heavy (non-hydrogen) atoms. The molecular formula is C11H21IN4O2S2. The standard InChI is InChI=1S/C11H20N4O2S2.HI/c1-3-12-11(13-4-2)14-7-8-15-19(16,17)10-6-5-9-18-10;/h5-6,9,15H,3-4,7-8H2,1-2H3,(H2,12,13,14);1H. The minimum atomic E-state index is -3.38. The first kappa shape index (κ1) is 19.6. The SMILES string of the molecule is CCNC(=NCCNS(=O)(=O)c1cccs1)NCC.I. The summed E-state index contributed by atoms with van der Waals surface area (Å²) < 4.78 is 26.5. The Morgan fingerprint density at radius 1 is 1.30 bits per heavy atom. The monoisotopic (exact) mass is 432 g/mol. The predicted molar refractivity (Wildman–Crippen MR) is 94.6 cm³/mol. The van der Waals surface area contributed by atoms with Crippen molar-refractivity contribution in [2.75, 3.05) is 26.2 Å². The number of nitrogens with zero attached hydrogens (tertiary/aromatic N) is 1. The maximum Gasteiger partial charge on any atom is 0.250 e. The van der Waals surface area contributed by atoms with E-state index in [1.54, 1.807) is 17.5 Å². The smallest absolute Gasteiger partial charge is 0.250 e. The lowest BCUT2D eigenvalue weighted by Crippen LogP contribution is -2.37. The number of sulfonamides is 1. The van der Waals surface area contributed by atoms with Gasteiger partial charge in [-0.15, -0.1) is 35.3 Å². The molecule has 1 aromatic rings. The number of aliphatic imine (C=N–C) groups is 1. The van der Waals surface area contributed by atoms with Crippen LogP contribution in [0, 0.1) is 0 Å². The summed E-state index contributed by atoms with van der Waals surface area (Å²) in [4.78, 5) is 4.26. The normalized spacial score (nSPS) is 10.5. The zero-order chi connectivity index (χ0) is 14.1. The molecule has 3 N–H and O–H groups in total. The number of hydrogen-bond donors (Lipinski definition) is 3. The van der Waals surface area contributed by atoms with Crippen LogP contribution in [0.2, 0.25) is 0 Å². The Balaban J connectivity index is 0.00000361. The summed E-state index contributed by atoms with van der Waals surface area (Å²) in [6, 6.07) is 3.30. The van der Waals surface area contributed by atoms with Crippen molar-refractivity contribution in [2.24, 2.45) is 4.99 Å². The maximum atomic E-state index is 11.8. The molecule has 0 amide bonds. The number of guanidine groups is 1. The summed E-state index contributed by atoms with van der Waals surface area (Å²) in [5.74, 6) is 0.695. The highest BCUT2D eigenvalue weighted by atomic mass is 127. The highest BCUT2D eigenvalue weighted by Crippen LogP contribution is 2.14. The first-order valence-electron chi connectivity index (χ1n) is 6.15. The Bertz CT molecular complexity index is 481. The van der Waals surface area contributed by atoms with Gasteiger partial charge in [-0.3, -0.25) is 4.99 Å². The van der Waals surface area contributed by atoms with Gasteiger partial charge in [0.05, 0.1) is 6.54 Å². The fourth-order valence-corrected chi connectivity index (χ4v) is 3.40. The second kappa shape index (κ2) is 10.4. The van der Waals surface area contributed by atoms with E-state index >= 15 is 0 Å². The van der Waals surface area contributed by atoms with Crippen LogP contribution < -0.4 is 15.4 Å². The average Bonchev–Trinajstić information content (AvgIpc) is 2.89. The lowest BCUT2D eigenvalue weighted by molar-refractivity contribution is 0.584. The molecule has 1 aromatic heterocycles. The van der Waals surface area contributed by atoms with Crippen LogP contribution >= 0.6 is 35.3 Å². The van der Waals surface area contributed by atoms with E-state index in [1.165, 1.54) is 11.3 Å². The van der Waals surface area contributed by atoms with Gasteiger partial charge in [0, 0.05) is 19.6 Å². The van der Waals surface area contributed by atoms with Crippen LogP contribution in [0.1, 0.15) is 13.8 Å². The average molecular weight is 432 g/mol. The number of hydrogen-bond acceptors (Lipinski definition) is 4. The molecule has 0 unspecified atom stereocenters. The van der Waals surface area contributed by atoms with Gasteiger partial charge in [0.2, 0.25) is 10.0 Å². The third kappa shape index (κ3) is 6.86. The molecule has 0 saturated carbocycles. The Labute approximate surface area is 141 Å². The first-order chi connectivity index (χ1) is 9.10. The van der Waals surface area contributed by atoms with Crippen molar-refractivity contribution in [1.82, 2.24) is 15.4 Å². The molecule has 116 valence electrons. The van der Waals surface area contributed by atoms with Crippen molar-refractivity contribution >= 4 is 51.3 Å². The third-order valence-electron chi connectivity index (χ3n) is 2.12. The molecule has 6 nitrogen and oxygen atoms in total. The molecule has 9 heteroatoms. The van der Waals surface area contributed by atoms with E-state index in [0.29, 0.717) is 16.7 Å². The van der Waals surface area contributed by atoms with Crippen molar-refractivity contribution in [2.45, 2.75) is 18.1 Å². The van der Waals surface area contributed by atoms with Gasteiger partial charge in [0.1, 0.15) is 4.21 Å². The number of rotatable bonds is 7. The van der Waals surface area contributed by atoms with Gasteiger partial charge in [-0.05, 0) is 25.3 Å². The van der Waals surface area contributed by atoms with Crippen molar-refractivity contribution in [3.63, 3.8) is 0 Å². The Kier molecular flexibility index (Phi) is 10.2.